The summed E-state index contributed by atoms with van der Waals surface area (Å²) in [6.07, 6.45) is 5.93. The Balaban J connectivity index is 1.34. The molecule has 0 N–H and O–H groups in total. The van der Waals surface area contributed by atoms with Gasteiger partial charge in [0, 0.05) is 10.8 Å². The molecule has 0 aliphatic rings. The number of rotatable bonds is 6. The van der Waals surface area contributed by atoms with E-state index >= 15 is 0 Å². The summed E-state index contributed by atoms with van der Waals surface area (Å²) in [5.74, 6) is 1.56. The minimum atomic E-state index is 0.781. The van der Waals surface area contributed by atoms with Crippen LogP contribution in [0.5, 0.6) is 11.5 Å². The monoisotopic (exact) mass is 354 g/mol. The van der Waals surface area contributed by atoms with Crippen molar-refractivity contribution in [1.82, 2.24) is 0 Å². The van der Waals surface area contributed by atoms with Crippen molar-refractivity contribution in [3.8, 4) is 11.5 Å². The second-order valence-corrected chi connectivity index (χ2v) is 5.87. The topological polar surface area (TPSA) is 27.7 Å². The van der Waals surface area contributed by atoms with E-state index in [1.165, 1.54) is 25.0 Å². The van der Waals surface area contributed by atoms with Crippen molar-refractivity contribution < 1.29 is 14.2 Å². The van der Waals surface area contributed by atoms with Crippen molar-refractivity contribution in [3.05, 3.63) is 110 Å². The van der Waals surface area contributed by atoms with Crippen molar-refractivity contribution in [2.75, 3.05) is 0 Å². The van der Waals surface area contributed by atoms with E-state index in [4.69, 9.17) is 14.2 Å². The Kier molecular flexibility index (Phi) is 5.02. The summed E-state index contributed by atoms with van der Waals surface area (Å²) in [4.78, 5) is 0. The van der Waals surface area contributed by atoms with E-state index in [0.29, 0.717) is 0 Å². The molecule has 0 saturated heterocycles. The molecule has 0 saturated carbocycles. The molecule has 27 heavy (non-hydrogen) atoms. The number of fused-ring (bicyclic) bond motifs is 2. The van der Waals surface area contributed by atoms with Crippen LogP contribution in [-0.4, -0.2) is 0 Å². The quantitative estimate of drug-likeness (QED) is 0.374. The Morgan fingerprint density at radius 2 is 0.889 bits per heavy atom. The third-order valence-electron chi connectivity index (χ3n) is 4.16. The fourth-order valence-corrected chi connectivity index (χ4v) is 2.91. The summed E-state index contributed by atoms with van der Waals surface area (Å²) in [5.41, 5.74) is 0. The van der Waals surface area contributed by atoms with Gasteiger partial charge in [-0.2, -0.15) is 0 Å². The van der Waals surface area contributed by atoms with E-state index in [2.05, 4.69) is 24.3 Å². The van der Waals surface area contributed by atoms with Crippen molar-refractivity contribution in [1.29, 1.82) is 0 Å². The van der Waals surface area contributed by atoms with Crippen LogP contribution in [-0.2, 0) is 4.74 Å². The molecular formula is C24H18O3. The predicted molar refractivity (Wildman–Crippen MR) is 109 cm³/mol. The third-order valence-corrected chi connectivity index (χ3v) is 4.16. The number of hydrogen-bond acceptors (Lipinski definition) is 3. The molecule has 0 heterocycles. The van der Waals surface area contributed by atoms with Gasteiger partial charge in [-0.3, -0.25) is 0 Å². The highest BCUT2D eigenvalue weighted by Gasteiger charge is 2.00. The maximum Gasteiger partial charge on any atom is 0.134 e. The maximum atomic E-state index is 5.66. The number of hydrogen-bond donors (Lipinski definition) is 0. The molecule has 4 rings (SSSR count). The van der Waals surface area contributed by atoms with Crippen LogP contribution in [0.3, 0.4) is 0 Å². The molecule has 0 amide bonds. The Bertz CT molecular complexity index is 1010. The van der Waals surface area contributed by atoms with Gasteiger partial charge in [-0.1, -0.05) is 72.8 Å². The Morgan fingerprint density at radius 3 is 1.41 bits per heavy atom. The van der Waals surface area contributed by atoms with Crippen LogP contribution < -0.4 is 9.47 Å². The lowest BCUT2D eigenvalue weighted by molar-refractivity contribution is 0.354. The molecule has 0 aliphatic heterocycles. The maximum absolute atomic E-state index is 5.66. The second-order valence-electron chi connectivity index (χ2n) is 5.87. The van der Waals surface area contributed by atoms with Gasteiger partial charge in [-0.25, -0.2) is 0 Å². The van der Waals surface area contributed by atoms with Crippen LogP contribution >= 0.6 is 0 Å². The first-order chi connectivity index (χ1) is 13.4. The summed E-state index contributed by atoms with van der Waals surface area (Å²) >= 11 is 0. The summed E-state index contributed by atoms with van der Waals surface area (Å²) in [6.45, 7) is 0. The highest BCUT2D eigenvalue weighted by Crippen LogP contribution is 2.26. The van der Waals surface area contributed by atoms with E-state index in [0.717, 1.165) is 33.0 Å². The molecule has 0 fully saturated rings. The van der Waals surface area contributed by atoms with Crippen molar-refractivity contribution in [2.24, 2.45) is 0 Å². The molecular weight excluding hydrogens is 336 g/mol. The van der Waals surface area contributed by atoms with Crippen molar-refractivity contribution in [2.45, 2.75) is 0 Å². The smallest absolute Gasteiger partial charge is 0.134 e. The molecule has 4 aromatic rings. The van der Waals surface area contributed by atoms with Crippen LogP contribution in [0.4, 0.5) is 0 Å². The SMILES string of the molecule is C(=COc1cccc2ccccc12)OC=COc1cccc2ccccc12. The van der Waals surface area contributed by atoms with Gasteiger partial charge >= 0.3 is 0 Å². The largest absolute Gasteiger partial charge is 0.466 e. The summed E-state index contributed by atoms with van der Waals surface area (Å²) in [5, 5.41) is 4.37. The van der Waals surface area contributed by atoms with Gasteiger partial charge in [0.2, 0.25) is 0 Å². The molecule has 132 valence electrons. The molecule has 0 bridgehead atoms. The van der Waals surface area contributed by atoms with Gasteiger partial charge < -0.3 is 14.2 Å². The van der Waals surface area contributed by atoms with Crippen LogP contribution in [0, 0.1) is 0 Å². The second kappa shape index (κ2) is 8.11. The zero-order valence-electron chi connectivity index (χ0n) is 14.6. The van der Waals surface area contributed by atoms with E-state index in [9.17, 15) is 0 Å². The lowest BCUT2D eigenvalue weighted by Gasteiger charge is -2.05. The van der Waals surface area contributed by atoms with E-state index in [1.807, 2.05) is 60.7 Å². The van der Waals surface area contributed by atoms with Gasteiger partial charge in [0.15, 0.2) is 0 Å². The van der Waals surface area contributed by atoms with Crippen LogP contribution in [0.1, 0.15) is 0 Å². The molecule has 0 aromatic heterocycles. The molecule has 0 unspecified atom stereocenters. The minimum absolute atomic E-state index is 0.781. The van der Waals surface area contributed by atoms with Gasteiger partial charge in [0.05, 0.1) is 0 Å². The fourth-order valence-electron chi connectivity index (χ4n) is 2.91. The average Bonchev–Trinajstić information content (AvgIpc) is 2.73. The Hall–Kier alpha value is -3.72. The zero-order valence-corrected chi connectivity index (χ0v) is 14.6. The van der Waals surface area contributed by atoms with E-state index in [1.54, 1.807) is 0 Å². The minimum Gasteiger partial charge on any atom is -0.466 e. The lowest BCUT2D eigenvalue weighted by Crippen LogP contribution is -1.85. The highest BCUT2D eigenvalue weighted by molar-refractivity contribution is 5.88. The first-order valence-corrected chi connectivity index (χ1v) is 8.66. The number of benzene rings is 4. The standard InChI is InChI=1S/C24H18O3/c1-3-11-21-19(7-1)9-5-13-23(21)26-17-15-25-16-18-27-24-14-6-10-20-8-2-4-12-22(20)24/h1-18H. The first kappa shape index (κ1) is 16.7. The molecule has 3 nitrogen and oxygen atoms in total. The first-order valence-electron chi connectivity index (χ1n) is 8.66. The lowest BCUT2D eigenvalue weighted by atomic mass is 10.1. The van der Waals surface area contributed by atoms with Gasteiger partial charge in [0.1, 0.15) is 36.5 Å². The summed E-state index contributed by atoms with van der Waals surface area (Å²) in [6, 6.07) is 28.0. The molecule has 4 aromatic carbocycles. The number of ether oxygens (including phenoxy) is 3. The van der Waals surface area contributed by atoms with Gasteiger partial charge in [-0.05, 0) is 22.9 Å². The van der Waals surface area contributed by atoms with Crippen molar-refractivity contribution >= 4 is 21.5 Å². The normalized spacial score (nSPS) is 11.4. The molecule has 0 spiro atoms. The van der Waals surface area contributed by atoms with E-state index in [-0.39, 0.29) is 0 Å². The molecule has 0 radical (unpaired) electrons. The fraction of sp³-hybridized carbons (Fsp3) is 0. The molecule has 0 aliphatic carbocycles. The van der Waals surface area contributed by atoms with Crippen LogP contribution in [0.2, 0.25) is 0 Å². The summed E-state index contributed by atoms with van der Waals surface area (Å²) < 4.78 is 16.6. The Labute approximate surface area is 157 Å². The Morgan fingerprint density at radius 1 is 0.444 bits per heavy atom. The van der Waals surface area contributed by atoms with Crippen LogP contribution in [0.25, 0.3) is 21.5 Å². The summed E-state index contributed by atoms with van der Waals surface area (Å²) in [7, 11) is 0. The molecule has 0 atom stereocenters. The zero-order chi connectivity index (χ0) is 18.3. The van der Waals surface area contributed by atoms with Gasteiger partial charge in [0.25, 0.3) is 0 Å². The van der Waals surface area contributed by atoms with Crippen LogP contribution in [0.15, 0.2) is 110 Å². The highest BCUT2D eigenvalue weighted by atomic mass is 16.5. The molecule has 3 heteroatoms. The predicted octanol–water partition coefficient (Wildman–Crippen LogP) is 6.41. The van der Waals surface area contributed by atoms with E-state index < -0.39 is 0 Å². The third kappa shape index (κ3) is 3.93. The van der Waals surface area contributed by atoms with Gasteiger partial charge in [-0.15, -0.1) is 0 Å². The van der Waals surface area contributed by atoms with Crippen molar-refractivity contribution in [3.63, 3.8) is 0 Å². The average molecular weight is 354 g/mol.